The van der Waals surface area contributed by atoms with Crippen molar-refractivity contribution in [2.45, 2.75) is 25.9 Å². The SMILES string of the molecule is CC1CS/C(=N\N=C\c2ccc(CN=CN(N)c3ccc(OC(F)(F)F)cc3)cc2)N1c1c(Cl)cccc1Cl. The lowest BCUT2D eigenvalue weighted by atomic mass is 10.1. The first-order chi connectivity index (χ1) is 18.6. The van der Waals surface area contributed by atoms with Crippen LogP contribution in [-0.2, 0) is 6.54 Å². The van der Waals surface area contributed by atoms with Gasteiger partial charge in [-0.1, -0.05) is 65.3 Å². The Morgan fingerprint density at radius 2 is 1.74 bits per heavy atom. The van der Waals surface area contributed by atoms with Crippen molar-refractivity contribution in [2.24, 2.45) is 21.0 Å². The van der Waals surface area contributed by atoms with Crippen LogP contribution in [0.3, 0.4) is 0 Å². The number of aliphatic imine (C=N–C) groups is 1. The van der Waals surface area contributed by atoms with Crippen molar-refractivity contribution in [3.63, 3.8) is 0 Å². The van der Waals surface area contributed by atoms with Crippen LogP contribution in [0.5, 0.6) is 5.75 Å². The first kappa shape index (κ1) is 28.8. The number of nitrogens with two attached hydrogens (primary N) is 1. The molecule has 7 nitrogen and oxygen atoms in total. The number of alkyl halides is 3. The molecule has 0 radical (unpaired) electrons. The van der Waals surface area contributed by atoms with Gasteiger partial charge in [-0.25, -0.2) is 5.84 Å². The first-order valence-corrected chi connectivity index (χ1v) is 13.3. The Morgan fingerprint density at radius 1 is 1.08 bits per heavy atom. The minimum Gasteiger partial charge on any atom is -0.406 e. The zero-order valence-corrected chi connectivity index (χ0v) is 22.8. The molecule has 0 bridgehead atoms. The van der Waals surface area contributed by atoms with Crippen molar-refractivity contribution in [3.8, 4) is 5.75 Å². The highest BCUT2D eigenvalue weighted by Gasteiger charge is 2.32. The number of hydrazine groups is 1. The molecule has 1 aliphatic heterocycles. The molecule has 13 heteroatoms. The molecule has 3 aromatic rings. The summed E-state index contributed by atoms with van der Waals surface area (Å²) in [7, 11) is 0. The quantitative estimate of drug-likeness (QED) is 0.130. The lowest BCUT2D eigenvalue weighted by Crippen LogP contribution is -2.31. The first-order valence-electron chi connectivity index (χ1n) is 11.6. The van der Waals surface area contributed by atoms with Crippen LogP contribution in [0, 0.1) is 0 Å². The second-order valence-corrected chi connectivity index (χ2v) is 10.2. The molecule has 1 heterocycles. The normalized spacial score (nSPS) is 17.1. The lowest BCUT2D eigenvalue weighted by molar-refractivity contribution is -0.274. The van der Waals surface area contributed by atoms with E-state index in [1.165, 1.54) is 35.6 Å². The van der Waals surface area contributed by atoms with Crippen LogP contribution >= 0.6 is 35.0 Å². The summed E-state index contributed by atoms with van der Waals surface area (Å²) in [5.74, 6) is 6.42. The largest absolute Gasteiger partial charge is 0.573 e. The molecule has 1 unspecified atom stereocenters. The van der Waals surface area contributed by atoms with Crippen molar-refractivity contribution in [1.82, 2.24) is 0 Å². The maximum Gasteiger partial charge on any atom is 0.573 e. The Kier molecular flexibility index (Phi) is 9.39. The van der Waals surface area contributed by atoms with E-state index in [1.807, 2.05) is 29.2 Å². The molecule has 0 saturated carbocycles. The number of rotatable bonds is 8. The number of thioether (sulfide) groups is 1. The number of anilines is 2. The van der Waals surface area contributed by atoms with Gasteiger partial charge in [0, 0.05) is 11.8 Å². The highest BCUT2D eigenvalue weighted by molar-refractivity contribution is 8.14. The molecule has 2 N–H and O–H groups in total. The predicted molar refractivity (Wildman–Crippen MR) is 154 cm³/mol. The molecule has 1 saturated heterocycles. The van der Waals surface area contributed by atoms with Crippen molar-refractivity contribution in [2.75, 3.05) is 15.7 Å². The monoisotopic (exact) mass is 594 g/mol. The van der Waals surface area contributed by atoms with Gasteiger partial charge < -0.3 is 9.64 Å². The number of nitrogens with zero attached hydrogens (tertiary/aromatic N) is 5. The van der Waals surface area contributed by atoms with Gasteiger partial charge in [0.05, 0.1) is 34.2 Å². The molecule has 39 heavy (non-hydrogen) atoms. The zero-order valence-electron chi connectivity index (χ0n) is 20.5. The third-order valence-electron chi connectivity index (χ3n) is 5.46. The Bertz CT molecular complexity index is 1350. The molecule has 0 amide bonds. The number of benzene rings is 3. The van der Waals surface area contributed by atoms with Crippen molar-refractivity contribution >= 4 is 64.1 Å². The molecule has 0 spiro atoms. The maximum atomic E-state index is 12.3. The minimum atomic E-state index is -4.75. The van der Waals surface area contributed by atoms with Crippen LogP contribution < -0.4 is 20.5 Å². The van der Waals surface area contributed by atoms with Gasteiger partial charge in [0.2, 0.25) is 0 Å². The van der Waals surface area contributed by atoms with E-state index < -0.39 is 6.36 Å². The molecule has 204 valence electrons. The van der Waals surface area contributed by atoms with Crippen molar-refractivity contribution in [1.29, 1.82) is 0 Å². The summed E-state index contributed by atoms with van der Waals surface area (Å²) in [5, 5.41) is 11.7. The summed E-state index contributed by atoms with van der Waals surface area (Å²) in [6, 6.07) is 18.3. The summed E-state index contributed by atoms with van der Waals surface area (Å²) in [4.78, 5) is 6.28. The van der Waals surface area contributed by atoms with E-state index in [1.54, 1.807) is 36.2 Å². The third-order valence-corrected chi connectivity index (χ3v) is 7.25. The number of hydrogen-bond donors (Lipinski definition) is 1. The fraction of sp³-hybridized carbons (Fsp3) is 0.192. The lowest BCUT2D eigenvalue weighted by Gasteiger charge is -2.24. The molecular weight excluding hydrogens is 572 g/mol. The standard InChI is InChI=1S/C26H23Cl2F3N6OS/c1-17-15-39-25(37(17)24-22(27)3-2-4-23(24)28)35-34-14-19-7-5-18(6-8-19)13-33-16-36(32)20-9-11-21(12-10-20)38-26(29,30)31/h2-12,14,16-17H,13,15,32H2,1H3/b33-16?,34-14+,35-25-. The van der Waals surface area contributed by atoms with Crippen LogP contribution in [0.2, 0.25) is 10.0 Å². The average molecular weight is 595 g/mol. The predicted octanol–water partition coefficient (Wildman–Crippen LogP) is 7.13. The van der Waals surface area contributed by atoms with E-state index in [0.717, 1.165) is 22.6 Å². The van der Waals surface area contributed by atoms with E-state index in [4.69, 9.17) is 29.0 Å². The molecule has 1 atom stereocenters. The summed E-state index contributed by atoms with van der Waals surface area (Å²) in [5.41, 5.74) is 2.95. The fourth-order valence-electron chi connectivity index (χ4n) is 3.61. The summed E-state index contributed by atoms with van der Waals surface area (Å²) < 4.78 is 40.7. The van der Waals surface area contributed by atoms with Crippen LogP contribution in [-0.4, -0.2) is 35.9 Å². The van der Waals surface area contributed by atoms with Crippen LogP contribution in [0.1, 0.15) is 18.1 Å². The van der Waals surface area contributed by atoms with Gasteiger partial charge in [-0.2, -0.15) is 5.10 Å². The highest BCUT2D eigenvalue weighted by atomic mass is 35.5. The molecule has 0 aromatic heterocycles. The number of hydrogen-bond acceptors (Lipinski definition) is 6. The topological polar surface area (TPSA) is 78.8 Å². The van der Waals surface area contributed by atoms with Crippen LogP contribution in [0.25, 0.3) is 0 Å². The maximum absolute atomic E-state index is 12.3. The van der Waals surface area contributed by atoms with E-state index in [0.29, 0.717) is 27.4 Å². The van der Waals surface area contributed by atoms with E-state index in [-0.39, 0.29) is 11.8 Å². The van der Waals surface area contributed by atoms with Crippen molar-refractivity contribution in [3.05, 3.63) is 87.9 Å². The second kappa shape index (κ2) is 12.7. The van der Waals surface area contributed by atoms with Crippen LogP contribution in [0.4, 0.5) is 24.5 Å². The Labute approximate surface area is 237 Å². The molecule has 0 aliphatic carbocycles. The molecular formula is C26H23Cl2F3N6OS. The number of ether oxygens (including phenoxy) is 1. The third kappa shape index (κ3) is 7.89. The average Bonchev–Trinajstić information content (AvgIpc) is 3.24. The van der Waals surface area contributed by atoms with Gasteiger partial charge in [0.1, 0.15) is 12.1 Å². The number of para-hydroxylation sites is 1. The van der Waals surface area contributed by atoms with Gasteiger partial charge >= 0.3 is 6.36 Å². The van der Waals surface area contributed by atoms with Gasteiger partial charge in [-0.05, 0) is 54.4 Å². The van der Waals surface area contributed by atoms with Gasteiger partial charge in [-0.15, -0.1) is 18.3 Å². The summed E-state index contributed by atoms with van der Waals surface area (Å²) in [6.45, 7) is 2.43. The number of amidine groups is 1. The molecule has 1 fully saturated rings. The molecule has 4 rings (SSSR count). The molecule has 3 aromatic carbocycles. The summed E-state index contributed by atoms with van der Waals surface area (Å²) in [6.07, 6.45) is -1.70. The summed E-state index contributed by atoms with van der Waals surface area (Å²) >= 11 is 14.4. The van der Waals surface area contributed by atoms with Gasteiger partial charge in [0.15, 0.2) is 5.17 Å². The van der Waals surface area contributed by atoms with Crippen LogP contribution in [0.15, 0.2) is 81.9 Å². The Hall–Kier alpha value is -3.25. The smallest absolute Gasteiger partial charge is 0.406 e. The Morgan fingerprint density at radius 3 is 2.38 bits per heavy atom. The zero-order chi connectivity index (χ0) is 28.0. The van der Waals surface area contributed by atoms with Gasteiger partial charge in [-0.3, -0.25) is 10.0 Å². The van der Waals surface area contributed by atoms with E-state index >= 15 is 0 Å². The Balaban J connectivity index is 1.33. The van der Waals surface area contributed by atoms with E-state index in [2.05, 4.69) is 26.9 Å². The van der Waals surface area contributed by atoms with E-state index in [9.17, 15) is 13.2 Å². The highest BCUT2D eigenvalue weighted by Crippen LogP contribution is 2.39. The fourth-order valence-corrected chi connectivity index (χ4v) is 5.25. The van der Waals surface area contributed by atoms with Gasteiger partial charge in [0.25, 0.3) is 0 Å². The second-order valence-electron chi connectivity index (χ2n) is 8.37. The van der Waals surface area contributed by atoms with Crippen molar-refractivity contribution < 1.29 is 17.9 Å². The molecule has 1 aliphatic rings. The minimum absolute atomic E-state index is 0.161. The number of halogens is 5.